The number of benzene rings is 8. The predicted octanol–water partition coefficient (Wildman–Crippen LogP) is 12.3. The lowest BCUT2D eigenvalue weighted by molar-refractivity contribution is 0.360. The number of hydrogen-bond acceptors (Lipinski definition) is 5. The van der Waals surface area contributed by atoms with Crippen molar-refractivity contribution in [3.8, 4) is 68.3 Å². The van der Waals surface area contributed by atoms with E-state index in [0.717, 1.165) is 44.2 Å². The molecule has 2 aliphatic rings. The average Bonchev–Trinajstić information content (AvgIpc) is 3.57. The molecule has 0 saturated carbocycles. The third kappa shape index (κ3) is 4.90. The van der Waals surface area contributed by atoms with E-state index in [-0.39, 0.29) is 0 Å². The Morgan fingerprint density at radius 1 is 0.364 bits per heavy atom. The van der Waals surface area contributed by atoms with Crippen LogP contribution in [0.3, 0.4) is 0 Å². The maximum absolute atomic E-state index is 6.99. The van der Waals surface area contributed by atoms with Gasteiger partial charge in [0.15, 0.2) is 40.5 Å². The van der Waals surface area contributed by atoms with Gasteiger partial charge in [0.25, 0.3) is 0 Å². The van der Waals surface area contributed by atoms with Crippen LogP contribution >= 0.6 is 0 Å². The highest BCUT2D eigenvalue weighted by atomic mass is 16.6. The highest BCUT2D eigenvalue weighted by molar-refractivity contribution is 5.92. The SMILES string of the molecule is c1ccc(-c2nc(-c3ccc4c(c3)Oc3c(ccc5c3-c3ccccc3C5(c3ccccc3)c3ccccc3)O4)nc(-c3ccc4ccccc4c3)n2)cc1. The Kier molecular flexibility index (Phi) is 7.01. The second kappa shape index (κ2) is 12.4. The summed E-state index contributed by atoms with van der Waals surface area (Å²) in [5, 5.41) is 2.29. The van der Waals surface area contributed by atoms with Crippen molar-refractivity contribution in [1.82, 2.24) is 15.0 Å². The molecule has 1 aromatic heterocycles. The fraction of sp³-hybridized carbons (Fsp3) is 0.0200. The first-order valence-corrected chi connectivity index (χ1v) is 18.4. The number of hydrogen-bond donors (Lipinski definition) is 0. The molecular formula is C50H31N3O2. The van der Waals surface area contributed by atoms with Crippen molar-refractivity contribution in [2.75, 3.05) is 0 Å². The van der Waals surface area contributed by atoms with Crippen LogP contribution in [0.25, 0.3) is 56.1 Å². The van der Waals surface area contributed by atoms with Crippen molar-refractivity contribution in [1.29, 1.82) is 0 Å². The zero-order valence-electron chi connectivity index (χ0n) is 29.6. The van der Waals surface area contributed by atoms with Gasteiger partial charge in [-0.2, -0.15) is 0 Å². The quantitative estimate of drug-likeness (QED) is 0.178. The van der Waals surface area contributed by atoms with Crippen LogP contribution in [0.5, 0.6) is 23.0 Å². The second-order valence-electron chi connectivity index (χ2n) is 13.9. The number of ether oxygens (including phenoxy) is 2. The summed E-state index contributed by atoms with van der Waals surface area (Å²) in [6.07, 6.45) is 0. The van der Waals surface area contributed by atoms with Crippen LogP contribution < -0.4 is 9.47 Å². The maximum Gasteiger partial charge on any atom is 0.178 e. The lowest BCUT2D eigenvalue weighted by atomic mass is 9.68. The largest absolute Gasteiger partial charge is 0.449 e. The third-order valence-corrected chi connectivity index (χ3v) is 10.8. The molecule has 1 aliphatic carbocycles. The molecule has 5 nitrogen and oxygen atoms in total. The van der Waals surface area contributed by atoms with Crippen LogP contribution in [-0.4, -0.2) is 15.0 Å². The highest BCUT2D eigenvalue weighted by Crippen LogP contribution is 2.62. The van der Waals surface area contributed by atoms with Crippen LogP contribution in [0.2, 0.25) is 0 Å². The summed E-state index contributed by atoms with van der Waals surface area (Å²) < 4.78 is 13.6. The molecule has 0 bridgehead atoms. The number of rotatable bonds is 5. The predicted molar refractivity (Wildman–Crippen MR) is 218 cm³/mol. The van der Waals surface area contributed by atoms with Crippen LogP contribution in [0.15, 0.2) is 188 Å². The van der Waals surface area contributed by atoms with E-state index in [9.17, 15) is 0 Å². The van der Waals surface area contributed by atoms with Gasteiger partial charge in [0.05, 0.1) is 5.41 Å². The zero-order chi connectivity index (χ0) is 36.3. The van der Waals surface area contributed by atoms with Crippen molar-refractivity contribution in [2.45, 2.75) is 5.41 Å². The fourth-order valence-electron chi connectivity index (χ4n) is 8.38. The van der Waals surface area contributed by atoms with Gasteiger partial charge < -0.3 is 9.47 Å². The standard InChI is InChI=1S/C50H31N3O2/c1-4-15-33(16-5-1)47-51-48(35-25-24-32-14-10-11-17-34(32)30-35)53-49(52-47)36-26-28-42-44(31-36)55-46-43(54-42)29-27-41-45(46)39-22-12-13-23-40(39)50(41,37-18-6-2-7-19-37)38-20-8-3-9-21-38/h1-31H. The van der Waals surface area contributed by atoms with E-state index >= 15 is 0 Å². The summed E-state index contributed by atoms with van der Waals surface area (Å²) >= 11 is 0. The molecule has 0 unspecified atom stereocenters. The summed E-state index contributed by atoms with van der Waals surface area (Å²) in [7, 11) is 0. The van der Waals surface area contributed by atoms with Crippen molar-refractivity contribution in [3.05, 3.63) is 210 Å². The van der Waals surface area contributed by atoms with Crippen LogP contribution in [-0.2, 0) is 5.41 Å². The molecule has 0 saturated heterocycles. The minimum absolute atomic E-state index is 0.546. The van der Waals surface area contributed by atoms with Gasteiger partial charge in [-0.25, -0.2) is 15.0 Å². The second-order valence-corrected chi connectivity index (χ2v) is 13.9. The average molecular weight is 706 g/mol. The van der Waals surface area contributed by atoms with Crippen molar-refractivity contribution < 1.29 is 9.47 Å². The monoisotopic (exact) mass is 705 g/mol. The molecule has 9 aromatic rings. The molecule has 0 amide bonds. The first-order valence-electron chi connectivity index (χ1n) is 18.4. The van der Waals surface area contributed by atoms with E-state index in [2.05, 4.69) is 121 Å². The van der Waals surface area contributed by atoms with Gasteiger partial charge in [-0.3, -0.25) is 0 Å². The molecule has 8 aromatic carbocycles. The minimum atomic E-state index is -0.549. The van der Waals surface area contributed by atoms with E-state index in [4.69, 9.17) is 24.4 Å². The number of aromatic nitrogens is 3. The summed E-state index contributed by atoms with van der Waals surface area (Å²) in [5.74, 6) is 4.35. The molecule has 0 spiro atoms. The zero-order valence-corrected chi connectivity index (χ0v) is 29.6. The molecule has 0 radical (unpaired) electrons. The Balaban J connectivity index is 1.06. The van der Waals surface area contributed by atoms with Gasteiger partial charge in [-0.15, -0.1) is 0 Å². The lowest BCUT2D eigenvalue weighted by Crippen LogP contribution is -2.28. The first-order chi connectivity index (χ1) is 27.2. The van der Waals surface area contributed by atoms with Gasteiger partial charge >= 0.3 is 0 Å². The Morgan fingerprint density at radius 3 is 1.65 bits per heavy atom. The van der Waals surface area contributed by atoms with Gasteiger partial charge in [0, 0.05) is 22.3 Å². The lowest BCUT2D eigenvalue weighted by Gasteiger charge is -2.34. The molecule has 55 heavy (non-hydrogen) atoms. The van der Waals surface area contributed by atoms with Gasteiger partial charge in [-0.1, -0.05) is 158 Å². The molecule has 11 rings (SSSR count). The summed E-state index contributed by atoms with van der Waals surface area (Å²) in [4.78, 5) is 15.0. The van der Waals surface area contributed by atoms with E-state index < -0.39 is 5.41 Å². The van der Waals surface area contributed by atoms with E-state index in [1.165, 1.54) is 16.7 Å². The van der Waals surface area contributed by atoms with Gasteiger partial charge in [0.1, 0.15) is 0 Å². The normalized spacial score (nSPS) is 13.2. The van der Waals surface area contributed by atoms with Crippen LogP contribution in [0.1, 0.15) is 22.3 Å². The molecule has 1 aliphatic heterocycles. The van der Waals surface area contributed by atoms with Crippen molar-refractivity contribution >= 4 is 10.8 Å². The number of nitrogens with zero attached hydrogens (tertiary/aromatic N) is 3. The molecule has 0 N–H and O–H groups in total. The summed E-state index contributed by atoms with van der Waals surface area (Å²) in [6.45, 7) is 0. The Bertz CT molecular complexity index is 2890. The van der Waals surface area contributed by atoms with Gasteiger partial charge in [-0.05, 0) is 68.9 Å². The molecule has 2 heterocycles. The smallest absolute Gasteiger partial charge is 0.178 e. The Hall–Kier alpha value is -7.37. The fourth-order valence-corrected chi connectivity index (χ4v) is 8.38. The highest BCUT2D eigenvalue weighted by Gasteiger charge is 2.48. The summed E-state index contributed by atoms with van der Waals surface area (Å²) in [5.41, 5.74) is 8.97. The molecule has 0 fully saturated rings. The molecule has 0 atom stereocenters. The molecular weight excluding hydrogens is 675 g/mol. The molecule has 5 heteroatoms. The van der Waals surface area contributed by atoms with E-state index in [0.29, 0.717) is 40.5 Å². The maximum atomic E-state index is 6.99. The minimum Gasteiger partial charge on any atom is -0.449 e. The van der Waals surface area contributed by atoms with E-state index in [1.807, 2.05) is 66.7 Å². The third-order valence-electron chi connectivity index (χ3n) is 10.8. The van der Waals surface area contributed by atoms with Crippen LogP contribution in [0.4, 0.5) is 0 Å². The number of fused-ring (bicyclic) bond motifs is 7. The Labute approximate surface area is 318 Å². The van der Waals surface area contributed by atoms with Crippen LogP contribution in [0, 0.1) is 0 Å². The Morgan fingerprint density at radius 2 is 0.927 bits per heavy atom. The van der Waals surface area contributed by atoms with E-state index in [1.54, 1.807) is 0 Å². The van der Waals surface area contributed by atoms with Crippen molar-refractivity contribution in [3.63, 3.8) is 0 Å². The first kappa shape index (κ1) is 31.2. The van der Waals surface area contributed by atoms with Crippen molar-refractivity contribution in [2.24, 2.45) is 0 Å². The summed E-state index contributed by atoms with van der Waals surface area (Å²) in [6, 6.07) is 65.0. The van der Waals surface area contributed by atoms with Gasteiger partial charge in [0.2, 0.25) is 0 Å². The molecule has 258 valence electrons. The topological polar surface area (TPSA) is 57.1 Å².